The summed E-state index contributed by atoms with van der Waals surface area (Å²) in [7, 11) is 0. The van der Waals surface area contributed by atoms with E-state index in [4.69, 9.17) is 16.3 Å². The van der Waals surface area contributed by atoms with Crippen LogP contribution in [0.1, 0.15) is 43.1 Å². The standard InChI is InChI=1S/C22H28ClN3O3/c1-14(21(27)24-13-18-3-2-10-29-18)15-6-8-26(9-7-15)22(28)20-12-16-11-17(23)4-5-19(16)25-20/h4-5,11-12,14-15,18,25H,2-3,6-10,13H2,1H3,(H,24,27)/t14-,18+/m0/s1. The lowest BCUT2D eigenvalue weighted by atomic mass is 9.84. The van der Waals surface area contributed by atoms with Gasteiger partial charge in [-0.25, -0.2) is 0 Å². The van der Waals surface area contributed by atoms with Crippen LogP contribution in [0.25, 0.3) is 10.9 Å². The molecular formula is C22H28ClN3O3. The number of nitrogens with one attached hydrogen (secondary N) is 2. The maximum atomic E-state index is 12.9. The number of amides is 2. The van der Waals surface area contributed by atoms with E-state index in [0.29, 0.717) is 36.3 Å². The lowest BCUT2D eigenvalue weighted by molar-refractivity contribution is -0.127. The molecule has 2 atom stereocenters. The fourth-order valence-electron chi connectivity index (χ4n) is 4.39. The minimum absolute atomic E-state index is 0.00580. The van der Waals surface area contributed by atoms with Gasteiger partial charge in [0.25, 0.3) is 5.91 Å². The van der Waals surface area contributed by atoms with E-state index in [1.165, 1.54) is 0 Å². The zero-order chi connectivity index (χ0) is 20.4. The van der Waals surface area contributed by atoms with Crippen LogP contribution in [-0.4, -0.2) is 54.0 Å². The van der Waals surface area contributed by atoms with Crippen molar-refractivity contribution in [1.29, 1.82) is 0 Å². The molecule has 2 aliphatic heterocycles. The highest BCUT2D eigenvalue weighted by Crippen LogP contribution is 2.27. The second kappa shape index (κ2) is 8.76. The minimum Gasteiger partial charge on any atom is -0.376 e. The third-order valence-corrected chi connectivity index (χ3v) is 6.52. The Bertz CT molecular complexity index is 883. The monoisotopic (exact) mass is 417 g/mol. The Labute approximate surface area is 175 Å². The average molecular weight is 418 g/mol. The first-order valence-corrected chi connectivity index (χ1v) is 10.9. The summed E-state index contributed by atoms with van der Waals surface area (Å²) in [4.78, 5) is 30.4. The van der Waals surface area contributed by atoms with Crippen LogP contribution in [0.5, 0.6) is 0 Å². The zero-order valence-corrected chi connectivity index (χ0v) is 17.5. The number of fused-ring (bicyclic) bond motifs is 1. The summed E-state index contributed by atoms with van der Waals surface area (Å²) in [5, 5.41) is 4.63. The molecule has 0 radical (unpaired) electrons. The Morgan fingerprint density at radius 1 is 1.28 bits per heavy atom. The van der Waals surface area contributed by atoms with Gasteiger partial charge in [0, 0.05) is 48.1 Å². The van der Waals surface area contributed by atoms with E-state index < -0.39 is 0 Å². The molecule has 1 aromatic carbocycles. The molecular weight excluding hydrogens is 390 g/mol. The summed E-state index contributed by atoms with van der Waals surface area (Å²) in [6.45, 7) is 4.73. The summed E-state index contributed by atoms with van der Waals surface area (Å²) in [6, 6.07) is 7.41. The molecule has 0 aliphatic carbocycles. The number of ether oxygens (including phenoxy) is 1. The first-order valence-electron chi connectivity index (χ1n) is 10.5. The second-order valence-corrected chi connectivity index (χ2v) is 8.65. The average Bonchev–Trinajstić information content (AvgIpc) is 3.40. The van der Waals surface area contributed by atoms with Gasteiger partial charge in [0.05, 0.1) is 6.10 Å². The first kappa shape index (κ1) is 20.2. The van der Waals surface area contributed by atoms with Crippen LogP contribution in [0.4, 0.5) is 0 Å². The highest BCUT2D eigenvalue weighted by molar-refractivity contribution is 6.31. The zero-order valence-electron chi connectivity index (χ0n) is 16.7. The molecule has 2 amide bonds. The van der Waals surface area contributed by atoms with Gasteiger partial charge in [0.1, 0.15) is 5.69 Å². The van der Waals surface area contributed by atoms with Gasteiger partial charge >= 0.3 is 0 Å². The number of halogens is 1. The van der Waals surface area contributed by atoms with E-state index in [0.717, 1.165) is 43.2 Å². The van der Waals surface area contributed by atoms with Gasteiger partial charge in [-0.15, -0.1) is 0 Å². The van der Waals surface area contributed by atoms with Gasteiger partial charge in [-0.3, -0.25) is 9.59 Å². The molecule has 156 valence electrons. The maximum absolute atomic E-state index is 12.9. The van der Waals surface area contributed by atoms with Crippen molar-refractivity contribution in [2.45, 2.75) is 38.7 Å². The number of carbonyl (C=O) groups excluding carboxylic acids is 2. The molecule has 2 aliphatic rings. The lowest BCUT2D eigenvalue weighted by Gasteiger charge is -2.34. The Kier molecular flexibility index (Phi) is 6.11. The molecule has 3 heterocycles. The molecule has 1 aromatic heterocycles. The van der Waals surface area contributed by atoms with Crippen molar-refractivity contribution in [3.63, 3.8) is 0 Å². The van der Waals surface area contributed by atoms with Crippen molar-refractivity contribution in [3.05, 3.63) is 35.0 Å². The van der Waals surface area contributed by atoms with Crippen LogP contribution < -0.4 is 5.32 Å². The van der Waals surface area contributed by atoms with Crippen LogP contribution in [0.15, 0.2) is 24.3 Å². The van der Waals surface area contributed by atoms with Gasteiger partial charge < -0.3 is 19.9 Å². The van der Waals surface area contributed by atoms with Crippen molar-refractivity contribution in [3.8, 4) is 0 Å². The largest absolute Gasteiger partial charge is 0.376 e. The summed E-state index contributed by atoms with van der Waals surface area (Å²) in [5.41, 5.74) is 1.49. The number of H-pyrrole nitrogens is 1. The van der Waals surface area contributed by atoms with Gasteiger partial charge in [0.2, 0.25) is 5.91 Å². The van der Waals surface area contributed by atoms with Crippen LogP contribution in [-0.2, 0) is 9.53 Å². The van der Waals surface area contributed by atoms with E-state index in [-0.39, 0.29) is 23.8 Å². The molecule has 2 aromatic rings. The molecule has 0 bridgehead atoms. The van der Waals surface area contributed by atoms with Crippen molar-refractivity contribution in [1.82, 2.24) is 15.2 Å². The SMILES string of the molecule is C[C@H](C(=O)NC[C@H]1CCCO1)C1CCN(C(=O)c2cc3cc(Cl)ccc3[nH]2)CC1. The topological polar surface area (TPSA) is 74.4 Å². The van der Waals surface area contributed by atoms with Crippen molar-refractivity contribution < 1.29 is 14.3 Å². The number of hydrogen-bond acceptors (Lipinski definition) is 3. The molecule has 6 nitrogen and oxygen atoms in total. The smallest absolute Gasteiger partial charge is 0.270 e. The molecule has 7 heteroatoms. The Hall–Kier alpha value is -2.05. The lowest BCUT2D eigenvalue weighted by Crippen LogP contribution is -2.43. The number of aromatic nitrogens is 1. The molecule has 2 N–H and O–H groups in total. The van der Waals surface area contributed by atoms with Crippen molar-refractivity contribution in [2.24, 2.45) is 11.8 Å². The molecule has 0 unspecified atom stereocenters. The number of hydrogen-bond donors (Lipinski definition) is 2. The number of benzene rings is 1. The van der Waals surface area contributed by atoms with Gasteiger partial charge in [0.15, 0.2) is 0 Å². The van der Waals surface area contributed by atoms with Crippen LogP contribution in [0.3, 0.4) is 0 Å². The number of aromatic amines is 1. The number of rotatable bonds is 5. The number of piperidine rings is 1. The molecule has 2 fully saturated rings. The Balaban J connectivity index is 1.29. The third-order valence-electron chi connectivity index (χ3n) is 6.29. The van der Waals surface area contributed by atoms with Crippen LogP contribution in [0.2, 0.25) is 5.02 Å². The molecule has 2 saturated heterocycles. The van der Waals surface area contributed by atoms with E-state index in [1.807, 2.05) is 36.1 Å². The van der Waals surface area contributed by atoms with E-state index >= 15 is 0 Å². The predicted molar refractivity (Wildman–Crippen MR) is 113 cm³/mol. The number of likely N-dealkylation sites (tertiary alicyclic amines) is 1. The highest BCUT2D eigenvalue weighted by Gasteiger charge is 2.31. The minimum atomic E-state index is -0.0520. The van der Waals surface area contributed by atoms with E-state index in [2.05, 4.69) is 10.3 Å². The normalized spacial score (nSPS) is 21.4. The Morgan fingerprint density at radius 2 is 2.07 bits per heavy atom. The summed E-state index contributed by atoms with van der Waals surface area (Å²) >= 11 is 6.04. The first-order chi connectivity index (χ1) is 14.0. The third kappa shape index (κ3) is 4.59. The highest BCUT2D eigenvalue weighted by atomic mass is 35.5. The van der Waals surface area contributed by atoms with Gasteiger partial charge in [-0.05, 0) is 55.9 Å². The summed E-state index contributed by atoms with van der Waals surface area (Å²) in [6.07, 6.45) is 3.94. The van der Waals surface area contributed by atoms with E-state index in [9.17, 15) is 9.59 Å². The summed E-state index contributed by atoms with van der Waals surface area (Å²) in [5.74, 6) is 0.345. The van der Waals surface area contributed by atoms with E-state index in [1.54, 1.807) is 0 Å². The Morgan fingerprint density at radius 3 is 2.79 bits per heavy atom. The molecule has 29 heavy (non-hydrogen) atoms. The fourth-order valence-corrected chi connectivity index (χ4v) is 4.57. The van der Waals surface area contributed by atoms with Crippen LogP contribution >= 0.6 is 11.6 Å². The quantitative estimate of drug-likeness (QED) is 0.780. The molecule has 4 rings (SSSR count). The van der Waals surface area contributed by atoms with Gasteiger partial charge in [-0.2, -0.15) is 0 Å². The number of nitrogens with zero attached hydrogens (tertiary/aromatic N) is 1. The van der Waals surface area contributed by atoms with Crippen molar-refractivity contribution >= 4 is 34.3 Å². The summed E-state index contributed by atoms with van der Waals surface area (Å²) < 4.78 is 5.57. The molecule has 0 spiro atoms. The van der Waals surface area contributed by atoms with Gasteiger partial charge in [-0.1, -0.05) is 18.5 Å². The van der Waals surface area contributed by atoms with Crippen LogP contribution in [0, 0.1) is 11.8 Å². The van der Waals surface area contributed by atoms with Crippen molar-refractivity contribution in [2.75, 3.05) is 26.2 Å². The predicted octanol–water partition coefficient (Wildman–Crippen LogP) is 3.60. The second-order valence-electron chi connectivity index (χ2n) is 8.21. The fraction of sp³-hybridized carbons (Fsp3) is 0.545. The number of carbonyl (C=O) groups is 2. The maximum Gasteiger partial charge on any atom is 0.270 e. The molecule has 0 saturated carbocycles.